The molecule has 12 nitrogen and oxygen atoms in total. The molecule has 0 bridgehead atoms. The van der Waals surface area contributed by atoms with Gasteiger partial charge in [-0.05, 0) is 0 Å². The summed E-state index contributed by atoms with van der Waals surface area (Å²) >= 11 is 0. The van der Waals surface area contributed by atoms with E-state index in [1.807, 2.05) is 0 Å². The maximum absolute atomic E-state index is 11.1. The highest BCUT2D eigenvalue weighted by Crippen LogP contribution is 1.82. The largest absolute Gasteiger partial charge is 0.422 e. The van der Waals surface area contributed by atoms with Gasteiger partial charge < -0.3 is 40.2 Å². The lowest BCUT2D eigenvalue weighted by Gasteiger charge is -2.09. The summed E-state index contributed by atoms with van der Waals surface area (Å²) in [7, 11) is 1.34. The Morgan fingerprint density at radius 2 is 1.14 bits per heavy atom. The number of methoxy groups -OCH3 is 1. The lowest BCUT2D eigenvalue weighted by atomic mass is 10.7. The van der Waals surface area contributed by atoms with Crippen molar-refractivity contribution in [3.8, 4) is 0 Å². The third-order valence-corrected chi connectivity index (χ3v) is 1.72. The number of hydrogen-bond donors (Lipinski definition) is 4. The third kappa shape index (κ3) is 12.3. The molecule has 126 valence electrons. The molecule has 0 unspecified atom stereocenters. The van der Waals surface area contributed by atoms with E-state index in [1.165, 1.54) is 14.0 Å². The number of carbonyl (C=O) groups is 4. The quantitative estimate of drug-likeness (QED) is 0.405. The summed E-state index contributed by atoms with van der Waals surface area (Å²) in [6.45, 7) is 0.0348. The number of nitrogens with one attached hydrogen (secondary N) is 4. The van der Waals surface area contributed by atoms with Gasteiger partial charge in [0.2, 0.25) is 12.7 Å². The van der Waals surface area contributed by atoms with Crippen LogP contribution in [0.15, 0.2) is 0 Å². The van der Waals surface area contributed by atoms with Crippen molar-refractivity contribution in [1.29, 1.82) is 0 Å². The van der Waals surface area contributed by atoms with Gasteiger partial charge in [-0.3, -0.25) is 4.79 Å². The number of ether oxygens (including phenoxy) is 4. The third-order valence-electron chi connectivity index (χ3n) is 1.72. The summed E-state index contributed by atoms with van der Waals surface area (Å²) in [5.41, 5.74) is 0. The van der Waals surface area contributed by atoms with Crippen molar-refractivity contribution in [2.75, 3.05) is 34.0 Å². The molecule has 4 amide bonds. The zero-order chi connectivity index (χ0) is 16.8. The predicted molar refractivity (Wildman–Crippen MR) is 69.1 cm³/mol. The molecule has 22 heavy (non-hydrogen) atoms. The minimum Gasteiger partial charge on any atom is -0.422 e. The predicted octanol–water partition coefficient (Wildman–Crippen LogP) is -1.22. The molecule has 0 aromatic heterocycles. The SMILES string of the molecule is COCOC(=O)NCNC(=O)OCOC(=O)NCNC(C)=O. The van der Waals surface area contributed by atoms with Crippen LogP contribution < -0.4 is 21.3 Å². The molecule has 0 saturated carbocycles. The van der Waals surface area contributed by atoms with Crippen molar-refractivity contribution in [3.63, 3.8) is 0 Å². The Kier molecular flexibility index (Phi) is 10.5. The van der Waals surface area contributed by atoms with Crippen LogP contribution >= 0.6 is 0 Å². The van der Waals surface area contributed by atoms with E-state index in [0.29, 0.717) is 0 Å². The number of amides is 4. The van der Waals surface area contributed by atoms with Crippen LogP contribution in [0.2, 0.25) is 0 Å². The molecule has 0 heterocycles. The van der Waals surface area contributed by atoms with E-state index in [2.05, 4.69) is 40.2 Å². The van der Waals surface area contributed by atoms with Gasteiger partial charge in [0.05, 0.1) is 13.3 Å². The highest BCUT2D eigenvalue weighted by molar-refractivity contribution is 5.74. The fourth-order valence-electron chi connectivity index (χ4n) is 0.831. The van der Waals surface area contributed by atoms with E-state index in [9.17, 15) is 19.2 Å². The van der Waals surface area contributed by atoms with E-state index < -0.39 is 25.1 Å². The monoisotopic (exact) mass is 322 g/mol. The van der Waals surface area contributed by atoms with Crippen LogP contribution in [0.25, 0.3) is 0 Å². The smallest absolute Gasteiger partial charge is 0.411 e. The van der Waals surface area contributed by atoms with Gasteiger partial charge in [-0.2, -0.15) is 0 Å². The Labute approximate surface area is 125 Å². The molecule has 0 aromatic rings. The highest BCUT2D eigenvalue weighted by Gasteiger charge is 2.06. The molecule has 0 radical (unpaired) electrons. The Balaban J connectivity index is 3.55. The van der Waals surface area contributed by atoms with Crippen molar-refractivity contribution in [2.45, 2.75) is 6.92 Å². The molecular formula is C10H18N4O8. The van der Waals surface area contributed by atoms with Crippen molar-refractivity contribution >= 4 is 24.2 Å². The Hall–Kier alpha value is -2.76. The zero-order valence-corrected chi connectivity index (χ0v) is 12.1. The van der Waals surface area contributed by atoms with Crippen LogP contribution in [0.1, 0.15) is 6.92 Å². The molecule has 0 fully saturated rings. The second-order valence-corrected chi connectivity index (χ2v) is 3.44. The van der Waals surface area contributed by atoms with Crippen LogP contribution in [-0.2, 0) is 23.7 Å². The molecule has 4 N–H and O–H groups in total. The van der Waals surface area contributed by atoms with E-state index in [4.69, 9.17) is 0 Å². The Bertz CT molecular complexity index is 389. The first kappa shape index (κ1) is 19.2. The van der Waals surface area contributed by atoms with E-state index in [0.717, 1.165) is 0 Å². The number of hydrogen-bond acceptors (Lipinski definition) is 8. The van der Waals surface area contributed by atoms with Gasteiger partial charge in [0.1, 0.15) is 0 Å². The van der Waals surface area contributed by atoms with E-state index in [1.54, 1.807) is 0 Å². The van der Waals surface area contributed by atoms with Gasteiger partial charge in [0.25, 0.3) is 0 Å². The number of rotatable bonds is 8. The normalized spacial score (nSPS) is 9.18. The highest BCUT2D eigenvalue weighted by atomic mass is 16.7. The van der Waals surface area contributed by atoms with Gasteiger partial charge in [-0.1, -0.05) is 0 Å². The summed E-state index contributed by atoms with van der Waals surface area (Å²) in [4.78, 5) is 43.6. The van der Waals surface area contributed by atoms with Gasteiger partial charge in [-0.15, -0.1) is 0 Å². The summed E-state index contributed by atoms with van der Waals surface area (Å²) in [5.74, 6) is -0.326. The molecular weight excluding hydrogens is 304 g/mol. The Morgan fingerprint density at radius 3 is 1.55 bits per heavy atom. The summed E-state index contributed by atoms with van der Waals surface area (Å²) in [5, 5.41) is 8.78. The lowest BCUT2D eigenvalue weighted by Crippen LogP contribution is -2.39. The summed E-state index contributed by atoms with van der Waals surface area (Å²) in [6, 6.07) is 0. The fourth-order valence-corrected chi connectivity index (χ4v) is 0.831. The van der Waals surface area contributed by atoms with Gasteiger partial charge >= 0.3 is 18.3 Å². The first-order valence-corrected chi connectivity index (χ1v) is 5.91. The maximum atomic E-state index is 11.1. The minimum absolute atomic E-state index is 0.117. The average Bonchev–Trinajstić information content (AvgIpc) is 2.44. The zero-order valence-electron chi connectivity index (χ0n) is 12.1. The van der Waals surface area contributed by atoms with Crippen molar-refractivity contribution in [3.05, 3.63) is 0 Å². The lowest BCUT2D eigenvalue weighted by molar-refractivity contribution is -0.119. The molecule has 0 rings (SSSR count). The van der Waals surface area contributed by atoms with Crippen LogP contribution in [0.3, 0.4) is 0 Å². The van der Waals surface area contributed by atoms with E-state index in [-0.39, 0.29) is 26.0 Å². The average molecular weight is 322 g/mol. The van der Waals surface area contributed by atoms with Crippen molar-refractivity contribution in [2.24, 2.45) is 0 Å². The molecule has 0 aliphatic rings. The van der Waals surface area contributed by atoms with Gasteiger partial charge in [0.15, 0.2) is 6.79 Å². The number of alkyl carbamates (subject to hydrolysis) is 3. The first-order chi connectivity index (χ1) is 10.5. The van der Waals surface area contributed by atoms with Crippen LogP contribution in [0.5, 0.6) is 0 Å². The van der Waals surface area contributed by atoms with Crippen LogP contribution in [0, 0.1) is 0 Å². The van der Waals surface area contributed by atoms with Gasteiger partial charge in [0, 0.05) is 14.0 Å². The first-order valence-electron chi connectivity index (χ1n) is 5.91. The fraction of sp³-hybridized carbons (Fsp3) is 0.600. The summed E-state index contributed by atoms with van der Waals surface area (Å²) < 4.78 is 17.9. The second kappa shape index (κ2) is 12.0. The molecule has 0 spiro atoms. The molecule has 12 heteroatoms. The molecule has 0 atom stereocenters. The Morgan fingerprint density at radius 1 is 0.727 bits per heavy atom. The molecule has 0 saturated heterocycles. The topological polar surface area (TPSA) is 153 Å². The maximum Gasteiger partial charge on any atom is 0.411 e. The van der Waals surface area contributed by atoms with Crippen molar-refractivity contribution < 1.29 is 38.1 Å². The summed E-state index contributed by atoms with van der Waals surface area (Å²) in [6.07, 6.45) is -2.61. The minimum atomic E-state index is -0.929. The van der Waals surface area contributed by atoms with Crippen molar-refractivity contribution in [1.82, 2.24) is 21.3 Å². The molecule has 0 aliphatic heterocycles. The van der Waals surface area contributed by atoms with E-state index >= 15 is 0 Å². The standard InChI is InChI=1S/C10H18N4O8/c1-7(15)11-3-12-9(17)21-6-22-10(18)14-4-13-8(16)20-5-19-2/h3-6H2,1-2H3,(H,11,15)(H,12,17)(H,13,16)(H,14,18). The van der Waals surface area contributed by atoms with Crippen LogP contribution in [-0.4, -0.2) is 58.2 Å². The molecule has 0 aromatic carbocycles. The van der Waals surface area contributed by atoms with Gasteiger partial charge in [-0.25, -0.2) is 14.4 Å². The molecule has 0 aliphatic carbocycles. The second-order valence-electron chi connectivity index (χ2n) is 3.44. The number of carbonyl (C=O) groups excluding carboxylic acids is 4. The van der Waals surface area contributed by atoms with Crippen LogP contribution in [0.4, 0.5) is 14.4 Å².